The summed E-state index contributed by atoms with van der Waals surface area (Å²) in [6.45, 7) is 5.61. The van der Waals surface area contributed by atoms with Crippen molar-refractivity contribution in [2.24, 2.45) is 16.5 Å². The summed E-state index contributed by atoms with van der Waals surface area (Å²) in [6.07, 6.45) is 5.29. The van der Waals surface area contributed by atoms with Gasteiger partial charge in [0.15, 0.2) is 25.6 Å². The van der Waals surface area contributed by atoms with Crippen LogP contribution in [-0.4, -0.2) is 54.3 Å². The molecule has 246 valence electrons. The van der Waals surface area contributed by atoms with E-state index < -0.39 is 50.9 Å². The van der Waals surface area contributed by atoms with Crippen molar-refractivity contribution in [3.8, 4) is 0 Å². The number of carbonyl (C=O) groups excluding carboxylic acids is 2. The van der Waals surface area contributed by atoms with Crippen LogP contribution in [0, 0.1) is 0 Å². The van der Waals surface area contributed by atoms with E-state index in [1.54, 1.807) is 6.07 Å². The van der Waals surface area contributed by atoms with Gasteiger partial charge in [-0.2, -0.15) is 4.99 Å². The van der Waals surface area contributed by atoms with E-state index in [-0.39, 0.29) is 43.9 Å². The Bertz CT molecular complexity index is 1590. The molecule has 0 aliphatic carbocycles. The van der Waals surface area contributed by atoms with E-state index in [2.05, 4.69) is 9.73 Å². The quantitative estimate of drug-likeness (QED) is 0.178. The van der Waals surface area contributed by atoms with Crippen molar-refractivity contribution in [3.63, 3.8) is 0 Å². The number of hydrogen-bond donors (Lipinski definition) is 2. The van der Waals surface area contributed by atoms with Crippen LogP contribution in [0.2, 0.25) is 0 Å². The number of ether oxygens (including phenoxy) is 1. The number of esters is 1. The molecular formula is C30H43F2N3O7S2. The molecule has 10 nitrogen and oxygen atoms in total. The lowest BCUT2D eigenvalue weighted by atomic mass is 9.93. The van der Waals surface area contributed by atoms with Crippen LogP contribution in [0.25, 0.3) is 0 Å². The summed E-state index contributed by atoms with van der Waals surface area (Å²) in [4.78, 5) is 26.9. The van der Waals surface area contributed by atoms with Gasteiger partial charge >= 0.3 is 5.97 Å². The van der Waals surface area contributed by atoms with E-state index in [0.717, 1.165) is 38.2 Å². The van der Waals surface area contributed by atoms with Crippen LogP contribution in [0.3, 0.4) is 0 Å². The monoisotopic (exact) mass is 659 g/mol. The third kappa shape index (κ3) is 9.81. The second kappa shape index (κ2) is 16.6. The Morgan fingerprint density at radius 3 is 1.50 bits per heavy atom. The molecule has 0 spiro atoms. The standard InChI is InChI=1S/C15H22FN3O3S.C15H21FO4S/c1-4-5-9(2)10-6-7-11(14(20)19-15(17)18)12(8-16)13(10)23(3,21)22;1-5-6-10(2)11-7-8-12(15(17)20-3)13(9-16)14(11)21(4,18)19/h6-7,9H,4-5,8H2,1-3H3,(H4,17,18,19,20);7-8,10H,5-6,9H2,1-4H3. The number of aliphatic imine (C=N–C) groups is 1. The first kappa shape index (κ1) is 38.6. The highest BCUT2D eigenvalue weighted by Crippen LogP contribution is 2.34. The minimum Gasteiger partial charge on any atom is -0.465 e. The van der Waals surface area contributed by atoms with Crippen molar-refractivity contribution in [1.82, 2.24) is 0 Å². The Morgan fingerprint density at radius 1 is 0.795 bits per heavy atom. The van der Waals surface area contributed by atoms with Crippen molar-refractivity contribution < 1.29 is 39.9 Å². The van der Waals surface area contributed by atoms with Crippen molar-refractivity contribution in [3.05, 3.63) is 57.6 Å². The van der Waals surface area contributed by atoms with Gasteiger partial charge in [0.25, 0.3) is 5.91 Å². The number of alkyl halides is 2. The van der Waals surface area contributed by atoms with Crippen molar-refractivity contribution in [1.29, 1.82) is 0 Å². The molecule has 2 aromatic carbocycles. The highest BCUT2D eigenvalue weighted by molar-refractivity contribution is 7.91. The molecule has 0 fully saturated rings. The van der Waals surface area contributed by atoms with Gasteiger partial charge in [-0.3, -0.25) is 4.79 Å². The molecule has 0 aliphatic heterocycles. The summed E-state index contributed by atoms with van der Waals surface area (Å²) >= 11 is 0. The summed E-state index contributed by atoms with van der Waals surface area (Å²) < 4.78 is 80.1. The number of carbonyl (C=O) groups is 2. The van der Waals surface area contributed by atoms with E-state index >= 15 is 0 Å². The summed E-state index contributed by atoms with van der Waals surface area (Å²) in [7, 11) is -6.20. The second-order valence-corrected chi connectivity index (χ2v) is 14.4. The van der Waals surface area contributed by atoms with Gasteiger partial charge in [0.1, 0.15) is 13.3 Å². The summed E-state index contributed by atoms with van der Waals surface area (Å²) in [5.41, 5.74) is 10.9. The lowest BCUT2D eigenvalue weighted by molar-refractivity contribution is 0.0598. The molecule has 0 aromatic heterocycles. The Labute approximate surface area is 259 Å². The summed E-state index contributed by atoms with van der Waals surface area (Å²) in [6, 6.07) is 5.93. The van der Waals surface area contributed by atoms with Crippen LogP contribution in [0.4, 0.5) is 8.78 Å². The van der Waals surface area contributed by atoms with Crippen LogP contribution in [0.1, 0.15) is 108 Å². The highest BCUT2D eigenvalue weighted by Gasteiger charge is 2.28. The molecule has 4 N–H and O–H groups in total. The average Bonchev–Trinajstić information content (AvgIpc) is 2.94. The van der Waals surface area contributed by atoms with Gasteiger partial charge in [-0.1, -0.05) is 52.7 Å². The number of hydrogen-bond acceptors (Lipinski definition) is 7. The number of amides is 1. The van der Waals surface area contributed by atoms with Crippen LogP contribution < -0.4 is 11.5 Å². The SMILES string of the molecule is CCCC(C)c1ccc(C(=O)N=C(N)N)c(CF)c1S(C)(=O)=O.CCCC(C)c1ccc(C(=O)OC)c(CF)c1S(C)(=O)=O. The van der Waals surface area contributed by atoms with E-state index in [4.69, 9.17) is 11.5 Å². The van der Waals surface area contributed by atoms with E-state index in [9.17, 15) is 35.2 Å². The number of rotatable bonds is 12. The molecule has 0 heterocycles. The van der Waals surface area contributed by atoms with Crippen LogP contribution >= 0.6 is 0 Å². The van der Waals surface area contributed by atoms with Crippen molar-refractivity contribution >= 4 is 37.5 Å². The first-order chi connectivity index (χ1) is 20.4. The number of halogens is 2. The molecular weight excluding hydrogens is 616 g/mol. The Hall–Kier alpha value is -3.39. The Kier molecular flexibility index (Phi) is 14.6. The van der Waals surface area contributed by atoms with Gasteiger partial charge in [-0.15, -0.1) is 0 Å². The molecule has 0 aliphatic rings. The summed E-state index contributed by atoms with van der Waals surface area (Å²) in [5, 5.41) is 0. The van der Waals surface area contributed by atoms with E-state index in [0.29, 0.717) is 11.1 Å². The smallest absolute Gasteiger partial charge is 0.338 e. The fraction of sp³-hybridized carbons (Fsp3) is 0.500. The maximum absolute atomic E-state index is 13.6. The largest absolute Gasteiger partial charge is 0.465 e. The van der Waals surface area contributed by atoms with Crippen molar-refractivity contribution in [2.45, 2.75) is 88.4 Å². The second-order valence-electron chi connectivity index (χ2n) is 10.5. The van der Waals surface area contributed by atoms with E-state index in [1.165, 1.54) is 25.3 Å². The molecule has 1 amide bonds. The molecule has 2 aromatic rings. The first-order valence-corrected chi connectivity index (χ1v) is 17.7. The van der Waals surface area contributed by atoms with Gasteiger partial charge < -0.3 is 16.2 Å². The molecule has 0 saturated heterocycles. The molecule has 44 heavy (non-hydrogen) atoms. The predicted octanol–water partition coefficient (Wildman–Crippen LogP) is 5.13. The molecule has 0 saturated carbocycles. The fourth-order valence-corrected chi connectivity index (χ4v) is 7.68. The highest BCUT2D eigenvalue weighted by atomic mass is 32.2. The zero-order valence-corrected chi connectivity index (χ0v) is 27.9. The van der Waals surface area contributed by atoms with Gasteiger partial charge in [-0.05, 0) is 47.9 Å². The van der Waals surface area contributed by atoms with Gasteiger partial charge in [0, 0.05) is 29.2 Å². The minimum atomic E-state index is -3.73. The molecule has 2 atom stereocenters. The van der Waals surface area contributed by atoms with E-state index in [1.807, 2.05) is 27.7 Å². The number of guanidine groups is 1. The Balaban J connectivity index is 0.000000442. The van der Waals surface area contributed by atoms with Crippen LogP contribution in [-0.2, 0) is 37.8 Å². The summed E-state index contributed by atoms with van der Waals surface area (Å²) in [5.74, 6) is -2.18. The third-order valence-electron chi connectivity index (χ3n) is 6.96. The molecule has 14 heteroatoms. The average molecular weight is 660 g/mol. The lowest BCUT2D eigenvalue weighted by Crippen LogP contribution is -2.24. The topological polar surface area (TPSA) is 176 Å². The predicted molar refractivity (Wildman–Crippen MR) is 167 cm³/mol. The Morgan fingerprint density at radius 2 is 1.18 bits per heavy atom. The molecule has 2 rings (SSSR count). The number of benzene rings is 2. The van der Waals surface area contributed by atoms with Crippen molar-refractivity contribution in [2.75, 3.05) is 19.6 Å². The normalized spacial score (nSPS) is 12.8. The minimum absolute atomic E-state index is 0.0308. The number of sulfone groups is 2. The number of nitrogens with two attached hydrogens (primary N) is 2. The van der Waals surface area contributed by atoms with Gasteiger partial charge in [-0.25, -0.2) is 30.4 Å². The fourth-order valence-electron chi connectivity index (χ4n) is 5.07. The van der Waals surface area contributed by atoms with Crippen LogP contribution in [0.15, 0.2) is 39.0 Å². The molecule has 0 radical (unpaired) electrons. The molecule has 2 unspecified atom stereocenters. The van der Waals surface area contributed by atoms with Crippen LogP contribution in [0.5, 0.6) is 0 Å². The number of nitrogens with zero attached hydrogens (tertiary/aromatic N) is 1. The first-order valence-electron chi connectivity index (χ1n) is 14.0. The zero-order valence-electron chi connectivity index (χ0n) is 26.2. The van der Waals surface area contributed by atoms with Gasteiger partial charge in [0.2, 0.25) is 0 Å². The lowest BCUT2D eigenvalue weighted by Gasteiger charge is -2.19. The zero-order chi connectivity index (χ0) is 34.0. The molecule has 0 bridgehead atoms. The maximum atomic E-state index is 13.6. The number of methoxy groups -OCH3 is 1. The van der Waals surface area contributed by atoms with Gasteiger partial charge in [0.05, 0.1) is 22.5 Å². The maximum Gasteiger partial charge on any atom is 0.338 e. The third-order valence-corrected chi connectivity index (χ3v) is 9.41.